The molecule has 1 aromatic carbocycles. The molecule has 4 aliphatic carbocycles. The molecule has 286 valence electrons. The molecule has 0 bridgehead atoms. The molecule has 0 aromatic heterocycles. The van der Waals surface area contributed by atoms with E-state index in [0.29, 0.717) is 24.8 Å². The summed E-state index contributed by atoms with van der Waals surface area (Å²) in [5, 5.41) is 21.1. The molecule has 0 saturated heterocycles. The van der Waals surface area contributed by atoms with Crippen molar-refractivity contribution in [2.24, 2.45) is 28.6 Å². The number of fused-ring (bicyclic) bond motifs is 5. The Morgan fingerprint density at radius 2 is 1.91 bits per heavy atom. The second kappa shape index (κ2) is 15.9. The summed E-state index contributed by atoms with van der Waals surface area (Å²) in [7, 11) is 1.36. The highest BCUT2D eigenvalue weighted by Gasteiger charge is 2.70. The van der Waals surface area contributed by atoms with Gasteiger partial charge in [-0.15, -0.1) is 10.1 Å². The Hall–Kier alpha value is -5.05. The summed E-state index contributed by atoms with van der Waals surface area (Å²) in [6.45, 7) is 4.57. The Morgan fingerprint density at radius 1 is 1.13 bits per heavy atom. The summed E-state index contributed by atoms with van der Waals surface area (Å²) in [4.78, 5) is 78.7. The smallest absolute Gasteiger partial charge is 0.493 e. The minimum Gasteiger partial charge on any atom is -0.493 e. The molecule has 2 fully saturated rings. The zero-order valence-electron chi connectivity index (χ0n) is 30.2. The van der Waals surface area contributed by atoms with E-state index in [1.807, 2.05) is 19.9 Å². The van der Waals surface area contributed by atoms with E-state index < -0.39 is 58.1 Å². The summed E-state index contributed by atoms with van der Waals surface area (Å²) in [5.41, 5.74) is -1.81. The Balaban J connectivity index is 1.28. The molecule has 0 spiro atoms. The minimum atomic E-state index is -1.73. The Bertz CT molecular complexity index is 1730. The lowest BCUT2D eigenvalue weighted by molar-refractivity contribution is -0.757. The fraction of sp³-hybridized carbons (Fsp3) is 0.553. The standard InChI is InChI=1S/C38H45NO14/c1-5-49-35(45)53-38(17-15-27-26-11-10-24-20-25(40)14-16-36(24,2)34(26)28(41)21-37(27,38)3)31(42)22-50-32(43)13-9-23-8-12-29(30(19-23)48-4)52-33(44)7-6-18-51-39(46)47/h8-10,12-14,16,19,26-28,34,41H,5-7,11,15,17-18,20-22H2,1-4H3/t26-,27-,28-,34+,36-,37-,38-/m0/s1. The van der Waals surface area contributed by atoms with Gasteiger partial charge in [-0.2, -0.15) is 0 Å². The monoisotopic (exact) mass is 739 g/mol. The molecule has 0 heterocycles. The summed E-state index contributed by atoms with van der Waals surface area (Å²) < 4.78 is 27.0. The highest BCUT2D eigenvalue weighted by Crippen LogP contribution is 2.67. The number of aliphatic hydroxyl groups is 1. The van der Waals surface area contributed by atoms with Gasteiger partial charge < -0.3 is 33.6 Å². The molecule has 7 atom stereocenters. The molecule has 53 heavy (non-hydrogen) atoms. The second-order valence-corrected chi connectivity index (χ2v) is 14.3. The topological polar surface area (TPSA) is 204 Å². The van der Waals surface area contributed by atoms with Crippen LogP contribution in [0.1, 0.15) is 71.3 Å². The van der Waals surface area contributed by atoms with Gasteiger partial charge in [0.05, 0.1) is 26.4 Å². The maximum absolute atomic E-state index is 14.2. The van der Waals surface area contributed by atoms with E-state index in [4.69, 9.17) is 23.7 Å². The van der Waals surface area contributed by atoms with Crippen LogP contribution in [0.3, 0.4) is 0 Å². The highest BCUT2D eigenvalue weighted by atomic mass is 16.9. The average molecular weight is 740 g/mol. The van der Waals surface area contributed by atoms with Crippen molar-refractivity contribution in [2.75, 3.05) is 26.9 Å². The number of ketones is 2. The van der Waals surface area contributed by atoms with Crippen LogP contribution >= 0.6 is 0 Å². The molecular formula is C38H45NO14. The van der Waals surface area contributed by atoms with Crippen molar-refractivity contribution < 1.29 is 62.7 Å². The van der Waals surface area contributed by atoms with Gasteiger partial charge in [-0.3, -0.25) is 14.4 Å². The van der Waals surface area contributed by atoms with Crippen molar-refractivity contribution in [3.05, 3.63) is 63.8 Å². The summed E-state index contributed by atoms with van der Waals surface area (Å²) in [6, 6.07) is 4.49. The second-order valence-electron chi connectivity index (χ2n) is 14.3. The maximum Gasteiger partial charge on any atom is 0.509 e. The third-order valence-corrected chi connectivity index (χ3v) is 11.4. The van der Waals surface area contributed by atoms with E-state index in [2.05, 4.69) is 10.9 Å². The lowest BCUT2D eigenvalue weighted by Gasteiger charge is -2.59. The number of carbonyl (C=O) groups is 5. The van der Waals surface area contributed by atoms with Gasteiger partial charge in [0, 0.05) is 35.7 Å². The first kappa shape index (κ1) is 39.2. The van der Waals surface area contributed by atoms with Crippen molar-refractivity contribution in [1.29, 1.82) is 0 Å². The van der Waals surface area contributed by atoms with Crippen molar-refractivity contribution in [3.8, 4) is 11.5 Å². The van der Waals surface area contributed by atoms with Gasteiger partial charge in [-0.25, -0.2) is 9.59 Å². The predicted molar refractivity (Wildman–Crippen MR) is 185 cm³/mol. The molecule has 2 saturated carbocycles. The molecule has 15 heteroatoms. The first-order valence-corrected chi connectivity index (χ1v) is 17.7. The van der Waals surface area contributed by atoms with Crippen molar-refractivity contribution >= 4 is 35.7 Å². The quantitative estimate of drug-likeness (QED) is 0.0513. The molecule has 15 nitrogen and oxygen atoms in total. The number of nitrogens with zero attached hydrogens (tertiary/aromatic N) is 1. The van der Waals surface area contributed by atoms with Crippen molar-refractivity contribution in [3.63, 3.8) is 0 Å². The number of benzene rings is 1. The van der Waals surface area contributed by atoms with Crippen LogP contribution in [-0.2, 0) is 38.2 Å². The Kier molecular flexibility index (Phi) is 11.8. The van der Waals surface area contributed by atoms with E-state index in [1.54, 1.807) is 19.1 Å². The number of carbonyl (C=O) groups excluding carboxylic acids is 5. The number of Topliss-reactive ketones (excluding diaryl/α,β-unsaturated/α-hetero) is 1. The normalized spacial score (nSPS) is 29.9. The van der Waals surface area contributed by atoms with E-state index in [9.17, 15) is 39.2 Å². The van der Waals surface area contributed by atoms with Crippen LogP contribution in [0.2, 0.25) is 0 Å². The lowest BCUT2D eigenvalue weighted by Crippen LogP contribution is -2.63. The van der Waals surface area contributed by atoms with Gasteiger partial charge in [-0.1, -0.05) is 37.6 Å². The Labute approximate surface area is 306 Å². The lowest BCUT2D eigenvalue weighted by atomic mass is 9.47. The molecule has 0 aliphatic heterocycles. The van der Waals surface area contributed by atoms with Crippen LogP contribution in [0.5, 0.6) is 11.5 Å². The number of aliphatic hydroxyl groups excluding tert-OH is 1. The SMILES string of the molecule is CCOC(=O)O[C@]1(C(=O)COC(=O)C=Cc2ccc(OC(=O)CCCO[N+](=O)[O-])c(OC)c2)CC[C@H]2[C@@H]3CC=C4CC(=O)C=C[C@]4(C)[C@H]3[C@@H](O)C[C@@]21C. The zero-order valence-corrected chi connectivity index (χ0v) is 30.2. The van der Waals surface area contributed by atoms with Crippen LogP contribution in [-0.4, -0.2) is 78.5 Å². The van der Waals surface area contributed by atoms with E-state index in [0.717, 1.165) is 11.6 Å². The largest absolute Gasteiger partial charge is 0.509 e. The molecule has 1 aromatic rings. The third-order valence-electron chi connectivity index (χ3n) is 11.4. The Morgan fingerprint density at radius 3 is 2.62 bits per heavy atom. The first-order chi connectivity index (χ1) is 25.2. The van der Waals surface area contributed by atoms with E-state index in [-0.39, 0.29) is 73.9 Å². The fourth-order valence-corrected chi connectivity index (χ4v) is 9.06. The fourth-order valence-electron chi connectivity index (χ4n) is 9.06. The van der Waals surface area contributed by atoms with Gasteiger partial charge in [0.15, 0.2) is 29.5 Å². The predicted octanol–water partition coefficient (Wildman–Crippen LogP) is 4.91. The number of rotatable bonds is 14. The number of methoxy groups -OCH3 is 1. The molecule has 0 unspecified atom stereocenters. The number of ether oxygens (including phenoxy) is 5. The number of hydrogen-bond acceptors (Lipinski definition) is 14. The van der Waals surface area contributed by atoms with E-state index in [1.165, 1.54) is 25.3 Å². The summed E-state index contributed by atoms with van der Waals surface area (Å²) in [5.74, 6) is -2.24. The van der Waals surface area contributed by atoms with Gasteiger partial charge in [-0.05, 0) is 80.7 Å². The number of hydrogen-bond donors (Lipinski definition) is 1. The van der Waals surface area contributed by atoms with Crippen LogP contribution in [0.25, 0.3) is 6.08 Å². The van der Waals surface area contributed by atoms with Crippen LogP contribution < -0.4 is 9.47 Å². The van der Waals surface area contributed by atoms with Crippen molar-refractivity contribution in [1.82, 2.24) is 0 Å². The molecule has 1 N–H and O–H groups in total. The zero-order chi connectivity index (χ0) is 38.6. The first-order valence-electron chi connectivity index (χ1n) is 17.7. The molecule has 5 rings (SSSR count). The third kappa shape index (κ3) is 7.85. The van der Waals surface area contributed by atoms with Gasteiger partial charge >= 0.3 is 18.1 Å². The summed E-state index contributed by atoms with van der Waals surface area (Å²) in [6.07, 6.45) is 7.85. The van der Waals surface area contributed by atoms with Gasteiger partial charge in [0.1, 0.15) is 0 Å². The molecule has 4 aliphatic rings. The van der Waals surface area contributed by atoms with Gasteiger partial charge in [0.25, 0.3) is 5.09 Å². The maximum atomic E-state index is 14.2. The molecular weight excluding hydrogens is 694 g/mol. The molecule has 0 amide bonds. The van der Waals surface area contributed by atoms with Crippen LogP contribution in [0.4, 0.5) is 4.79 Å². The van der Waals surface area contributed by atoms with Crippen molar-refractivity contribution in [2.45, 2.75) is 77.4 Å². The molecule has 0 radical (unpaired) electrons. The minimum absolute atomic E-state index is 0.0168. The van der Waals surface area contributed by atoms with Crippen LogP contribution in [0.15, 0.2) is 48.1 Å². The average Bonchev–Trinajstić information content (AvgIpc) is 3.40. The summed E-state index contributed by atoms with van der Waals surface area (Å²) >= 11 is 0. The number of esters is 2. The van der Waals surface area contributed by atoms with E-state index >= 15 is 0 Å². The van der Waals surface area contributed by atoms with Crippen LogP contribution in [0, 0.1) is 38.7 Å². The number of allylic oxidation sites excluding steroid dienone is 4. The van der Waals surface area contributed by atoms with Gasteiger partial charge in [0.2, 0.25) is 5.78 Å². The highest BCUT2D eigenvalue weighted by molar-refractivity contribution is 5.95.